The van der Waals surface area contributed by atoms with Crippen molar-refractivity contribution in [2.75, 3.05) is 37.0 Å². The summed E-state index contributed by atoms with van der Waals surface area (Å²) in [6.45, 7) is 5.69. The molecule has 3 heterocycles. The highest BCUT2D eigenvalue weighted by molar-refractivity contribution is 5.77. The molecule has 0 aliphatic carbocycles. The van der Waals surface area contributed by atoms with E-state index in [9.17, 15) is 0 Å². The molecule has 1 aromatic carbocycles. The summed E-state index contributed by atoms with van der Waals surface area (Å²) >= 11 is 0. The SMILES string of the molecule is COc1cncc(NCc2ccc3nccnc3c2)c1N1CCN[C@@H](C)C1. The van der Waals surface area contributed by atoms with Gasteiger partial charge in [-0.15, -0.1) is 0 Å². The molecule has 0 amide bonds. The molecule has 4 rings (SSSR count). The molecule has 1 saturated heterocycles. The third kappa shape index (κ3) is 3.78. The summed E-state index contributed by atoms with van der Waals surface area (Å²) in [5.41, 5.74) is 4.99. The minimum Gasteiger partial charge on any atom is -0.493 e. The third-order valence-corrected chi connectivity index (χ3v) is 4.81. The first-order valence-corrected chi connectivity index (χ1v) is 9.18. The maximum absolute atomic E-state index is 5.60. The Morgan fingerprint density at radius 3 is 2.89 bits per heavy atom. The second-order valence-corrected chi connectivity index (χ2v) is 6.77. The summed E-state index contributed by atoms with van der Waals surface area (Å²) in [7, 11) is 1.69. The summed E-state index contributed by atoms with van der Waals surface area (Å²) in [6, 6.07) is 6.57. The van der Waals surface area contributed by atoms with Gasteiger partial charge < -0.3 is 20.3 Å². The number of nitrogens with one attached hydrogen (secondary N) is 2. The normalized spacial score (nSPS) is 17.1. The molecule has 0 unspecified atom stereocenters. The third-order valence-electron chi connectivity index (χ3n) is 4.81. The van der Waals surface area contributed by atoms with E-state index in [1.807, 2.05) is 12.3 Å². The van der Waals surface area contributed by atoms with Gasteiger partial charge in [-0.05, 0) is 24.6 Å². The number of pyridine rings is 1. The fraction of sp³-hybridized carbons (Fsp3) is 0.350. The van der Waals surface area contributed by atoms with Crippen LogP contribution in [0.5, 0.6) is 5.75 Å². The second kappa shape index (κ2) is 7.75. The molecule has 2 N–H and O–H groups in total. The molecule has 0 saturated carbocycles. The molecule has 1 fully saturated rings. The van der Waals surface area contributed by atoms with Crippen LogP contribution in [0.4, 0.5) is 11.4 Å². The summed E-state index contributed by atoms with van der Waals surface area (Å²) in [5, 5.41) is 7.01. The number of anilines is 2. The number of methoxy groups -OCH3 is 1. The van der Waals surface area contributed by atoms with Gasteiger partial charge in [0, 0.05) is 44.6 Å². The number of rotatable bonds is 5. The predicted octanol–water partition coefficient (Wildman–Crippen LogP) is 2.44. The van der Waals surface area contributed by atoms with Crippen LogP contribution in [0, 0.1) is 0 Å². The zero-order valence-electron chi connectivity index (χ0n) is 15.6. The van der Waals surface area contributed by atoms with Gasteiger partial charge in [0.1, 0.15) is 5.69 Å². The lowest BCUT2D eigenvalue weighted by Gasteiger charge is -2.35. The largest absolute Gasteiger partial charge is 0.493 e. The van der Waals surface area contributed by atoms with Crippen LogP contribution in [0.25, 0.3) is 11.0 Å². The Morgan fingerprint density at radius 2 is 2.07 bits per heavy atom. The van der Waals surface area contributed by atoms with Crippen molar-refractivity contribution < 1.29 is 4.74 Å². The number of fused-ring (bicyclic) bond motifs is 1. The maximum Gasteiger partial charge on any atom is 0.162 e. The Bertz CT molecular complexity index is 931. The van der Waals surface area contributed by atoms with Crippen LogP contribution in [-0.4, -0.2) is 47.7 Å². The van der Waals surface area contributed by atoms with E-state index in [0.717, 1.165) is 53.4 Å². The van der Waals surface area contributed by atoms with E-state index < -0.39 is 0 Å². The lowest BCUT2D eigenvalue weighted by molar-refractivity contribution is 0.408. The van der Waals surface area contributed by atoms with Gasteiger partial charge in [-0.2, -0.15) is 0 Å². The molecular weight excluding hydrogens is 340 g/mol. The van der Waals surface area contributed by atoms with Crippen molar-refractivity contribution in [3.8, 4) is 5.75 Å². The highest BCUT2D eigenvalue weighted by atomic mass is 16.5. The van der Waals surface area contributed by atoms with E-state index in [1.54, 1.807) is 25.7 Å². The smallest absolute Gasteiger partial charge is 0.162 e. The van der Waals surface area contributed by atoms with Crippen LogP contribution < -0.4 is 20.3 Å². The zero-order chi connectivity index (χ0) is 18.6. The van der Waals surface area contributed by atoms with Gasteiger partial charge in [0.25, 0.3) is 0 Å². The van der Waals surface area contributed by atoms with Gasteiger partial charge in [-0.25, -0.2) is 0 Å². The second-order valence-electron chi connectivity index (χ2n) is 6.77. The van der Waals surface area contributed by atoms with Crippen molar-refractivity contribution in [2.45, 2.75) is 19.5 Å². The Balaban J connectivity index is 1.59. The molecule has 7 heteroatoms. The van der Waals surface area contributed by atoms with Gasteiger partial charge in [-0.3, -0.25) is 15.0 Å². The molecule has 0 radical (unpaired) electrons. The quantitative estimate of drug-likeness (QED) is 0.720. The summed E-state index contributed by atoms with van der Waals surface area (Å²) in [6.07, 6.45) is 7.07. The number of hydrogen-bond acceptors (Lipinski definition) is 7. The van der Waals surface area contributed by atoms with Crippen LogP contribution in [0.3, 0.4) is 0 Å². The average Bonchev–Trinajstić information content (AvgIpc) is 2.71. The van der Waals surface area contributed by atoms with Gasteiger partial charge in [-0.1, -0.05) is 6.07 Å². The number of aromatic nitrogens is 3. The van der Waals surface area contributed by atoms with Crippen LogP contribution in [0.15, 0.2) is 43.0 Å². The van der Waals surface area contributed by atoms with Crippen molar-refractivity contribution >= 4 is 22.4 Å². The minimum atomic E-state index is 0.434. The lowest BCUT2D eigenvalue weighted by atomic mass is 10.1. The Labute approximate surface area is 158 Å². The van der Waals surface area contributed by atoms with Crippen LogP contribution in [0.2, 0.25) is 0 Å². The van der Waals surface area contributed by atoms with Crippen molar-refractivity contribution in [2.24, 2.45) is 0 Å². The van der Waals surface area contributed by atoms with Crippen molar-refractivity contribution in [1.82, 2.24) is 20.3 Å². The summed E-state index contributed by atoms with van der Waals surface area (Å²) in [4.78, 5) is 15.4. The molecular formula is C20H24N6O. The molecule has 7 nitrogen and oxygen atoms in total. The zero-order valence-corrected chi connectivity index (χ0v) is 15.6. The van der Waals surface area contributed by atoms with E-state index in [-0.39, 0.29) is 0 Å². The standard InChI is InChI=1S/C20H24N6O/c1-14-13-26(8-7-22-14)20-18(11-21-12-19(20)27-2)25-10-15-3-4-16-17(9-15)24-6-5-23-16/h3-6,9,11-12,14,22,25H,7-8,10,13H2,1-2H3/t14-/m0/s1. The summed E-state index contributed by atoms with van der Waals surface area (Å²) < 4.78 is 5.60. The maximum atomic E-state index is 5.60. The first-order valence-electron chi connectivity index (χ1n) is 9.18. The fourth-order valence-corrected chi connectivity index (χ4v) is 3.49. The molecule has 3 aromatic rings. The molecule has 0 bridgehead atoms. The Hall–Kier alpha value is -2.93. The Kier molecular flexibility index (Phi) is 5.02. The van der Waals surface area contributed by atoms with Gasteiger partial charge in [0.05, 0.1) is 36.2 Å². The lowest BCUT2D eigenvalue weighted by Crippen LogP contribution is -2.49. The first-order chi connectivity index (χ1) is 13.2. The topological polar surface area (TPSA) is 75.2 Å². The number of nitrogens with zero attached hydrogens (tertiary/aromatic N) is 4. The monoisotopic (exact) mass is 364 g/mol. The first kappa shape index (κ1) is 17.5. The van der Waals surface area contributed by atoms with E-state index in [2.05, 4.69) is 49.5 Å². The van der Waals surface area contributed by atoms with Gasteiger partial charge >= 0.3 is 0 Å². The molecule has 1 aliphatic heterocycles. The van der Waals surface area contributed by atoms with Gasteiger partial charge in [0.2, 0.25) is 0 Å². The highest BCUT2D eigenvalue weighted by Crippen LogP contribution is 2.36. The van der Waals surface area contributed by atoms with Crippen molar-refractivity contribution in [3.05, 3.63) is 48.5 Å². The Morgan fingerprint density at radius 1 is 1.22 bits per heavy atom. The molecule has 1 atom stereocenters. The minimum absolute atomic E-state index is 0.434. The molecule has 27 heavy (non-hydrogen) atoms. The van der Waals surface area contributed by atoms with E-state index >= 15 is 0 Å². The summed E-state index contributed by atoms with van der Waals surface area (Å²) in [5.74, 6) is 0.790. The van der Waals surface area contributed by atoms with Crippen LogP contribution in [-0.2, 0) is 6.54 Å². The number of piperazine rings is 1. The predicted molar refractivity (Wildman–Crippen MR) is 107 cm³/mol. The number of ether oxygens (including phenoxy) is 1. The van der Waals surface area contributed by atoms with Crippen molar-refractivity contribution in [1.29, 1.82) is 0 Å². The number of hydrogen-bond donors (Lipinski definition) is 2. The van der Waals surface area contributed by atoms with E-state index in [4.69, 9.17) is 4.74 Å². The van der Waals surface area contributed by atoms with Crippen LogP contribution >= 0.6 is 0 Å². The average molecular weight is 364 g/mol. The molecule has 140 valence electrons. The van der Waals surface area contributed by atoms with E-state index in [1.165, 1.54) is 0 Å². The molecule has 2 aromatic heterocycles. The highest BCUT2D eigenvalue weighted by Gasteiger charge is 2.22. The van der Waals surface area contributed by atoms with Crippen LogP contribution in [0.1, 0.15) is 12.5 Å². The molecule has 0 spiro atoms. The van der Waals surface area contributed by atoms with Crippen molar-refractivity contribution in [3.63, 3.8) is 0 Å². The van der Waals surface area contributed by atoms with E-state index in [0.29, 0.717) is 12.6 Å². The molecule has 1 aliphatic rings. The van der Waals surface area contributed by atoms with Gasteiger partial charge in [0.15, 0.2) is 5.75 Å². The fourth-order valence-electron chi connectivity index (χ4n) is 3.49. The number of benzene rings is 1.